The van der Waals surface area contributed by atoms with E-state index in [1.54, 1.807) is 10.9 Å². The quantitative estimate of drug-likeness (QED) is 0.767. The van der Waals surface area contributed by atoms with Crippen LogP contribution in [0.2, 0.25) is 0 Å². The van der Waals surface area contributed by atoms with Gasteiger partial charge in [-0.1, -0.05) is 0 Å². The lowest BCUT2D eigenvalue weighted by Gasteiger charge is -2.55. The smallest absolute Gasteiger partial charge is 0.226 e. The summed E-state index contributed by atoms with van der Waals surface area (Å²) in [7, 11) is 0. The normalized spacial score (nSPS) is 31.0. The van der Waals surface area contributed by atoms with E-state index in [4.69, 9.17) is 0 Å². The van der Waals surface area contributed by atoms with E-state index in [-0.39, 0.29) is 11.3 Å². The molecule has 4 fully saturated rings. The molecule has 0 aromatic carbocycles. The molecule has 27 heavy (non-hydrogen) atoms. The second-order valence-corrected chi connectivity index (χ2v) is 8.61. The van der Waals surface area contributed by atoms with E-state index in [0.29, 0.717) is 24.7 Å². The maximum Gasteiger partial charge on any atom is 0.226 e. The molecule has 4 aliphatic rings. The predicted octanol–water partition coefficient (Wildman–Crippen LogP) is 2.41. The largest absolute Gasteiger partial charge is 0.367 e. The van der Waals surface area contributed by atoms with Crippen molar-refractivity contribution in [3.05, 3.63) is 30.6 Å². The number of carbonyl (C=O) groups excluding carboxylic acids is 1. The first kappa shape index (κ1) is 16.7. The number of aromatic nitrogens is 4. The fourth-order valence-electron chi connectivity index (χ4n) is 5.89. The van der Waals surface area contributed by atoms with Gasteiger partial charge in [0.1, 0.15) is 5.82 Å². The fraction of sp³-hybridized carbons (Fsp3) is 0.600. The van der Waals surface area contributed by atoms with Gasteiger partial charge in [0.25, 0.3) is 0 Å². The molecule has 0 radical (unpaired) electrons. The summed E-state index contributed by atoms with van der Waals surface area (Å²) in [6.45, 7) is 1.26. The number of amides is 1. The molecule has 4 saturated carbocycles. The van der Waals surface area contributed by atoms with Crippen LogP contribution in [0, 0.1) is 23.2 Å². The summed E-state index contributed by atoms with van der Waals surface area (Å²) in [4.78, 5) is 12.9. The third-order valence-electron chi connectivity index (χ3n) is 6.63. The topological polar surface area (TPSA) is 84.7 Å². The first-order valence-electron chi connectivity index (χ1n) is 10.1. The van der Waals surface area contributed by atoms with Crippen molar-refractivity contribution >= 4 is 11.7 Å². The van der Waals surface area contributed by atoms with E-state index in [9.17, 15) is 4.79 Å². The van der Waals surface area contributed by atoms with E-state index >= 15 is 0 Å². The summed E-state index contributed by atoms with van der Waals surface area (Å²) in [6, 6.07) is 5.60. The van der Waals surface area contributed by atoms with Crippen LogP contribution in [-0.2, 0) is 4.79 Å². The van der Waals surface area contributed by atoms with Crippen molar-refractivity contribution in [3.8, 4) is 5.82 Å². The van der Waals surface area contributed by atoms with Gasteiger partial charge in [-0.15, -0.1) is 10.2 Å². The number of nitrogens with one attached hydrogen (secondary N) is 2. The van der Waals surface area contributed by atoms with Crippen molar-refractivity contribution in [2.45, 2.75) is 38.5 Å². The summed E-state index contributed by atoms with van der Waals surface area (Å²) in [5.74, 6) is 4.05. The third-order valence-corrected chi connectivity index (χ3v) is 6.63. The zero-order valence-corrected chi connectivity index (χ0v) is 15.5. The number of anilines is 1. The molecule has 7 heteroatoms. The van der Waals surface area contributed by atoms with Gasteiger partial charge in [-0.25, -0.2) is 4.68 Å². The van der Waals surface area contributed by atoms with E-state index in [0.717, 1.165) is 37.0 Å². The molecule has 1 amide bonds. The van der Waals surface area contributed by atoms with Crippen molar-refractivity contribution in [1.82, 2.24) is 25.3 Å². The van der Waals surface area contributed by atoms with Gasteiger partial charge in [0.05, 0.1) is 0 Å². The van der Waals surface area contributed by atoms with E-state index in [2.05, 4.69) is 25.9 Å². The molecule has 2 aromatic rings. The Balaban J connectivity index is 1.11. The Bertz CT molecular complexity index is 765. The zero-order chi connectivity index (χ0) is 18.3. The highest BCUT2D eigenvalue weighted by atomic mass is 16.2. The van der Waals surface area contributed by atoms with Crippen molar-refractivity contribution in [2.75, 3.05) is 18.4 Å². The zero-order valence-electron chi connectivity index (χ0n) is 15.5. The van der Waals surface area contributed by atoms with Crippen LogP contribution in [-0.4, -0.2) is 39.0 Å². The molecular formula is C20H26N6O. The van der Waals surface area contributed by atoms with Crippen LogP contribution in [0.3, 0.4) is 0 Å². The van der Waals surface area contributed by atoms with Crippen molar-refractivity contribution in [3.63, 3.8) is 0 Å². The van der Waals surface area contributed by atoms with Crippen LogP contribution < -0.4 is 10.6 Å². The number of hydrogen-bond donors (Lipinski definition) is 2. The Morgan fingerprint density at radius 1 is 1.07 bits per heavy atom. The van der Waals surface area contributed by atoms with Crippen LogP contribution >= 0.6 is 0 Å². The monoisotopic (exact) mass is 366 g/mol. The van der Waals surface area contributed by atoms with Gasteiger partial charge < -0.3 is 10.6 Å². The maximum absolute atomic E-state index is 12.9. The SMILES string of the molecule is O=C(NCCNc1ccc(-n2cccn2)nn1)C12CC3CC(CC(C3)C1)C2. The van der Waals surface area contributed by atoms with Gasteiger partial charge in [0.2, 0.25) is 5.91 Å². The number of rotatable bonds is 6. The van der Waals surface area contributed by atoms with Crippen LogP contribution in [0.15, 0.2) is 30.6 Å². The molecule has 6 rings (SSSR count). The lowest BCUT2D eigenvalue weighted by Crippen LogP contribution is -2.54. The van der Waals surface area contributed by atoms with Crippen molar-refractivity contribution < 1.29 is 4.79 Å². The van der Waals surface area contributed by atoms with Crippen LogP contribution in [0.5, 0.6) is 0 Å². The summed E-state index contributed by atoms with van der Waals surface area (Å²) >= 11 is 0. The average Bonchev–Trinajstić information content (AvgIpc) is 3.19. The van der Waals surface area contributed by atoms with E-state index < -0.39 is 0 Å². The average molecular weight is 366 g/mol. The molecule has 142 valence electrons. The minimum atomic E-state index is -0.0695. The number of hydrogen-bond acceptors (Lipinski definition) is 5. The molecule has 0 atom stereocenters. The highest BCUT2D eigenvalue weighted by molar-refractivity contribution is 5.83. The number of carbonyl (C=O) groups is 1. The molecule has 4 bridgehead atoms. The molecule has 0 unspecified atom stereocenters. The van der Waals surface area contributed by atoms with Gasteiger partial charge in [-0.2, -0.15) is 5.10 Å². The molecule has 2 aromatic heterocycles. The standard InChI is InChI=1S/C20H26N6O/c27-19(20-11-14-8-15(12-20)10-16(9-14)13-20)22-6-5-21-17-2-3-18(25-24-17)26-7-1-4-23-26/h1-4,7,14-16H,5-6,8-13H2,(H,21,24)(H,22,27). The van der Waals surface area contributed by atoms with Gasteiger partial charge >= 0.3 is 0 Å². The highest BCUT2D eigenvalue weighted by Gasteiger charge is 2.54. The Morgan fingerprint density at radius 3 is 2.41 bits per heavy atom. The Kier molecular flexibility index (Phi) is 4.10. The molecule has 0 saturated heterocycles. The Morgan fingerprint density at radius 2 is 1.81 bits per heavy atom. The first-order chi connectivity index (χ1) is 13.2. The second kappa shape index (κ2) is 6.62. The molecule has 4 aliphatic carbocycles. The fourth-order valence-corrected chi connectivity index (χ4v) is 5.89. The van der Waals surface area contributed by atoms with Crippen molar-refractivity contribution in [1.29, 1.82) is 0 Å². The van der Waals surface area contributed by atoms with Gasteiger partial charge in [-0.05, 0) is 74.5 Å². The predicted molar refractivity (Wildman–Crippen MR) is 101 cm³/mol. The summed E-state index contributed by atoms with van der Waals surface area (Å²) < 4.78 is 1.67. The summed E-state index contributed by atoms with van der Waals surface area (Å²) in [6.07, 6.45) is 11.0. The molecular weight excluding hydrogens is 340 g/mol. The van der Waals surface area contributed by atoms with Gasteiger partial charge in [0, 0.05) is 30.9 Å². The summed E-state index contributed by atoms with van der Waals surface area (Å²) in [5.41, 5.74) is -0.0695. The Labute approximate surface area is 158 Å². The molecule has 0 aliphatic heterocycles. The van der Waals surface area contributed by atoms with Gasteiger partial charge in [-0.3, -0.25) is 4.79 Å². The van der Waals surface area contributed by atoms with E-state index in [1.165, 1.54) is 19.3 Å². The van der Waals surface area contributed by atoms with Crippen LogP contribution in [0.1, 0.15) is 38.5 Å². The van der Waals surface area contributed by atoms with Crippen molar-refractivity contribution in [2.24, 2.45) is 23.2 Å². The highest BCUT2D eigenvalue weighted by Crippen LogP contribution is 2.60. The molecule has 0 spiro atoms. The van der Waals surface area contributed by atoms with Gasteiger partial charge in [0.15, 0.2) is 5.82 Å². The second-order valence-electron chi connectivity index (χ2n) is 8.61. The van der Waals surface area contributed by atoms with Crippen LogP contribution in [0.25, 0.3) is 5.82 Å². The molecule has 2 heterocycles. The Hall–Kier alpha value is -2.44. The maximum atomic E-state index is 12.9. The summed E-state index contributed by atoms with van der Waals surface area (Å²) in [5, 5.41) is 18.9. The van der Waals surface area contributed by atoms with Crippen LogP contribution in [0.4, 0.5) is 5.82 Å². The molecule has 7 nitrogen and oxygen atoms in total. The minimum Gasteiger partial charge on any atom is -0.367 e. The lowest BCUT2D eigenvalue weighted by atomic mass is 9.49. The number of nitrogens with zero attached hydrogens (tertiary/aromatic N) is 4. The van der Waals surface area contributed by atoms with E-state index in [1.807, 2.05) is 24.4 Å². The minimum absolute atomic E-state index is 0.0695. The third kappa shape index (κ3) is 3.19. The first-order valence-corrected chi connectivity index (χ1v) is 10.1. The molecule has 2 N–H and O–H groups in total. The lowest BCUT2D eigenvalue weighted by molar-refractivity contribution is -0.146.